The third-order valence-electron chi connectivity index (χ3n) is 3.86. The van der Waals surface area contributed by atoms with Crippen LogP contribution in [-0.2, 0) is 10.0 Å². The van der Waals surface area contributed by atoms with Crippen molar-refractivity contribution in [3.63, 3.8) is 0 Å². The summed E-state index contributed by atoms with van der Waals surface area (Å²) in [6, 6.07) is 7.84. The fourth-order valence-corrected chi connectivity index (χ4v) is 3.46. The number of benzene rings is 1. The van der Waals surface area contributed by atoms with E-state index in [-0.39, 0.29) is 10.5 Å². The van der Waals surface area contributed by atoms with E-state index in [1.807, 2.05) is 20.8 Å². The Morgan fingerprint density at radius 3 is 2.64 bits per heavy atom. The minimum absolute atomic E-state index is 0.0573. The maximum Gasteiger partial charge on any atom is 0.262 e. The highest BCUT2D eigenvalue weighted by Crippen LogP contribution is 2.20. The lowest BCUT2D eigenvalue weighted by Crippen LogP contribution is -2.30. The molecule has 0 aliphatic rings. The fraction of sp³-hybridized carbons (Fsp3) is 0.333. The number of hydrogen-bond acceptors (Lipinski definition) is 4. The predicted molar refractivity (Wildman–Crippen MR) is 98.0 cm³/mol. The normalized spacial score (nSPS) is 12.4. The molecular formula is C18H23N3O3S. The lowest BCUT2D eigenvalue weighted by Gasteiger charge is -2.14. The Labute approximate surface area is 148 Å². The molecule has 134 valence electrons. The summed E-state index contributed by atoms with van der Waals surface area (Å²) in [6.07, 6.45) is 3.99. The molecule has 0 bridgehead atoms. The first kappa shape index (κ1) is 18.9. The van der Waals surface area contributed by atoms with Crippen LogP contribution in [0.3, 0.4) is 0 Å². The van der Waals surface area contributed by atoms with Crippen LogP contribution >= 0.6 is 0 Å². The number of carbonyl (C=O) groups excluding carboxylic acids is 1. The largest absolute Gasteiger partial charge is 0.352 e. The van der Waals surface area contributed by atoms with E-state index in [1.54, 1.807) is 24.4 Å². The Kier molecular flexibility index (Phi) is 6.14. The van der Waals surface area contributed by atoms with Gasteiger partial charge in [-0.3, -0.25) is 14.5 Å². The number of anilines is 1. The third kappa shape index (κ3) is 5.03. The van der Waals surface area contributed by atoms with E-state index in [9.17, 15) is 13.2 Å². The quantitative estimate of drug-likeness (QED) is 0.793. The van der Waals surface area contributed by atoms with Gasteiger partial charge in [0.05, 0.1) is 17.4 Å². The Bertz CT molecular complexity index is 850. The predicted octanol–water partition coefficient (Wildman–Crippen LogP) is 2.97. The van der Waals surface area contributed by atoms with Gasteiger partial charge in [-0.05, 0) is 36.6 Å². The van der Waals surface area contributed by atoms with Gasteiger partial charge < -0.3 is 5.32 Å². The molecule has 0 aliphatic carbocycles. The first-order valence-electron chi connectivity index (χ1n) is 8.15. The van der Waals surface area contributed by atoms with Crippen LogP contribution in [0.15, 0.2) is 47.6 Å². The number of aryl methyl sites for hydroxylation is 1. The monoisotopic (exact) mass is 361 g/mol. The first-order valence-corrected chi connectivity index (χ1v) is 9.63. The van der Waals surface area contributed by atoms with Crippen LogP contribution in [0, 0.1) is 12.8 Å². The minimum atomic E-state index is -3.90. The van der Waals surface area contributed by atoms with Crippen molar-refractivity contribution in [1.29, 1.82) is 0 Å². The Balaban J connectivity index is 2.28. The zero-order chi connectivity index (χ0) is 18.4. The van der Waals surface area contributed by atoms with Crippen LogP contribution in [0.5, 0.6) is 0 Å². The molecule has 0 saturated heterocycles. The van der Waals surface area contributed by atoms with Crippen molar-refractivity contribution >= 4 is 21.6 Å². The second-order valence-electron chi connectivity index (χ2n) is 6.08. The van der Waals surface area contributed by atoms with Crippen LogP contribution in [-0.4, -0.2) is 25.9 Å². The lowest BCUT2D eigenvalue weighted by molar-refractivity contribution is 0.0944. The van der Waals surface area contributed by atoms with Gasteiger partial charge >= 0.3 is 0 Å². The minimum Gasteiger partial charge on any atom is -0.352 e. The summed E-state index contributed by atoms with van der Waals surface area (Å²) in [6.45, 7) is 6.38. The summed E-state index contributed by atoms with van der Waals surface area (Å²) in [4.78, 5) is 16.3. The molecule has 0 spiro atoms. The van der Waals surface area contributed by atoms with Gasteiger partial charge in [0, 0.05) is 12.7 Å². The van der Waals surface area contributed by atoms with Crippen molar-refractivity contribution in [2.45, 2.75) is 32.1 Å². The van der Waals surface area contributed by atoms with Crippen molar-refractivity contribution < 1.29 is 13.2 Å². The number of carbonyl (C=O) groups is 1. The van der Waals surface area contributed by atoms with Gasteiger partial charge in [0.15, 0.2) is 0 Å². The number of hydrogen-bond donors (Lipinski definition) is 2. The van der Waals surface area contributed by atoms with Gasteiger partial charge in [-0.2, -0.15) is 0 Å². The zero-order valence-corrected chi connectivity index (χ0v) is 15.4. The third-order valence-corrected chi connectivity index (χ3v) is 5.30. The average Bonchev–Trinajstić information content (AvgIpc) is 2.59. The van der Waals surface area contributed by atoms with E-state index in [0.717, 1.165) is 12.0 Å². The summed E-state index contributed by atoms with van der Waals surface area (Å²) in [5.74, 6) is -0.0761. The molecule has 25 heavy (non-hydrogen) atoms. The molecule has 7 heteroatoms. The number of nitrogens with one attached hydrogen (secondary N) is 2. The van der Waals surface area contributed by atoms with Gasteiger partial charge in [-0.1, -0.05) is 32.4 Å². The summed E-state index contributed by atoms with van der Waals surface area (Å²) in [5.41, 5.74) is 1.31. The van der Waals surface area contributed by atoms with Crippen molar-refractivity contribution in [2.24, 2.45) is 5.92 Å². The fourth-order valence-electron chi connectivity index (χ4n) is 2.22. The number of rotatable bonds is 7. The van der Waals surface area contributed by atoms with Gasteiger partial charge in [0.25, 0.3) is 15.9 Å². The SMILES string of the molecule is CCC(C)CNC(=O)c1ccccc1S(=O)(=O)Nc1cncc(C)c1. The van der Waals surface area contributed by atoms with Crippen LogP contribution in [0.2, 0.25) is 0 Å². The number of amides is 1. The van der Waals surface area contributed by atoms with E-state index >= 15 is 0 Å². The van der Waals surface area contributed by atoms with E-state index in [0.29, 0.717) is 18.2 Å². The molecule has 1 aromatic carbocycles. The highest BCUT2D eigenvalue weighted by molar-refractivity contribution is 7.92. The molecule has 0 radical (unpaired) electrons. The highest BCUT2D eigenvalue weighted by Gasteiger charge is 2.22. The standard InChI is InChI=1S/C18H23N3O3S/c1-4-13(2)11-20-18(22)16-7-5-6-8-17(16)25(23,24)21-15-9-14(3)10-19-12-15/h5-10,12-13,21H,4,11H2,1-3H3,(H,20,22). The topological polar surface area (TPSA) is 88.2 Å². The smallest absolute Gasteiger partial charge is 0.262 e. The number of nitrogens with zero attached hydrogens (tertiary/aromatic N) is 1. The van der Waals surface area contributed by atoms with Crippen molar-refractivity contribution in [3.05, 3.63) is 53.9 Å². The summed E-state index contributed by atoms with van der Waals surface area (Å²) in [7, 11) is -3.90. The Morgan fingerprint density at radius 2 is 1.96 bits per heavy atom. The molecule has 0 aliphatic heterocycles. The van der Waals surface area contributed by atoms with E-state index in [4.69, 9.17) is 0 Å². The van der Waals surface area contributed by atoms with Crippen LogP contribution < -0.4 is 10.0 Å². The van der Waals surface area contributed by atoms with Crippen LogP contribution in [0.4, 0.5) is 5.69 Å². The van der Waals surface area contributed by atoms with Crippen molar-refractivity contribution in [2.75, 3.05) is 11.3 Å². The molecule has 1 unspecified atom stereocenters. The van der Waals surface area contributed by atoms with Gasteiger partial charge in [-0.25, -0.2) is 8.42 Å². The molecule has 0 saturated carbocycles. The molecule has 6 nitrogen and oxygen atoms in total. The van der Waals surface area contributed by atoms with Crippen LogP contribution in [0.1, 0.15) is 36.2 Å². The van der Waals surface area contributed by atoms with E-state index in [1.165, 1.54) is 18.3 Å². The molecule has 0 fully saturated rings. The number of sulfonamides is 1. The Hall–Kier alpha value is -2.41. The number of aromatic nitrogens is 1. The molecule has 1 heterocycles. The average molecular weight is 361 g/mol. The number of pyridine rings is 1. The summed E-state index contributed by atoms with van der Waals surface area (Å²) in [5, 5.41) is 2.79. The maximum atomic E-state index is 12.7. The van der Waals surface area contributed by atoms with E-state index < -0.39 is 15.9 Å². The highest BCUT2D eigenvalue weighted by atomic mass is 32.2. The summed E-state index contributed by atoms with van der Waals surface area (Å²) >= 11 is 0. The van der Waals surface area contributed by atoms with Crippen molar-refractivity contribution in [1.82, 2.24) is 10.3 Å². The van der Waals surface area contributed by atoms with Crippen molar-refractivity contribution in [3.8, 4) is 0 Å². The molecule has 1 amide bonds. The second kappa shape index (κ2) is 8.11. The molecule has 1 aromatic heterocycles. The van der Waals surface area contributed by atoms with Gasteiger partial charge in [0.1, 0.15) is 4.90 Å². The molecule has 2 aromatic rings. The lowest BCUT2D eigenvalue weighted by atomic mass is 10.1. The second-order valence-corrected chi connectivity index (χ2v) is 7.73. The Morgan fingerprint density at radius 1 is 1.24 bits per heavy atom. The first-order chi connectivity index (χ1) is 11.8. The van der Waals surface area contributed by atoms with Gasteiger partial charge in [0.2, 0.25) is 0 Å². The summed E-state index contributed by atoms with van der Waals surface area (Å²) < 4.78 is 27.9. The maximum absolute atomic E-state index is 12.7. The molecule has 2 rings (SSSR count). The molecular weight excluding hydrogens is 338 g/mol. The van der Waals surface area contributed by atoms with Gasteiger partial charge in [-0.15, -0.1) is 0 Å². The zero-order valence-electron chi connectivity index (χ0n) is 14.6. The molecule has 2 N–H and O–H groups in total. The molecule has 1 atom stereocenters. The van der Waals surface area contributed by atoms with E-state index in [2.05, 4.69) is 15.0 Å². The van der Waals surface area contributed by atoms with Crippen LogP contribution in [0.25, 0.3) is 0 Å².